The van der Waals surface area contributed by atoms with E-state index in [1.54, 1.807) is 24.3 Å². The first kappa shape index (κ1) is 13.4. The molecule has 1 aliphatic rings. The summed E-state index contributed by atoms with van der Waals surface area (Å²) in [5.74, 6) is 4.96. The summed E-state index contributed by atoms with van der Waals surface area (Å²) in [5.41, 5.74) is 5.70. The number of amides is 1. The summed E-state index contributed by atoms with van der Waals surface area (Å²) >= 11 is 1.20. The van der Waals surface area contributed by atoms with Gasteiger partial charge in [-0.05, 0) is 6.07 Å². The second-order valence-corrected chi connectivity index (χ2v) is 5.23. The molecule has 21 heavy (non-hydrogen) atoms. The smallest absolute Gasteiger partial charge is 0.350 e. The van der Waals surface area contributed by atoms with Crippen molar-refractivity contribution in [3.05, 3.63) is 45.8 Å². The van der Waals surface area contributed by atoms with E-state index in [9.17, 15) is 9.59 Å². The van der Waals surface area contributed by atoms with Crippen molar-refractivity contribution in [2.24, 2.45) is 21.7 Å². The third-order valence-corrected chi connectivity index (χ3v) is 3.98. The number of aliphatic imine (C=N–C) groups is 1. The molecule has 106 valence electrons. The molecular weight excluding hydrogens is 292 g/mol. The minimum absolute atomic E-state index is 0.0422. The van der Waals surface area contributed by atoms with Crippen LogP contribution in [0.4, 0.5) is 0 Å². The number of hydrazone groups is 1. The number of amidine groups is 1. The van der Waals surface area contributed by atoms with Crippen LogP contribution in [0.3, 0.4) is 0 Å². The van der Waals surface area contributed by atoms with Crippen molar-refractivity contribution in [1.82, 2.24) is 0 Å². The maximum Gasteiger partial charge on any atom is 0.350 e. The Morgan fingerprint density at radius 2 is 2.05 bits per heavy atom. The van der Waals surface area contributed by atoms with Crippen LogP contribution in [0, 0.1) is 0 Å². The van der Waals surface area contributed by atoms with Gasteiger partial charge in [-0.2, -0.15) is 5.10 Å². The van der Waals surface area contributed by atoms with E-state index in [1.165, 1.54) is 11.8 Å². The van der Waals surface area contributed by atoms with E-state index in [1.807, 2.05) is 0 Å². The SMILES string of the molecule is N/N=C(\N)CSC1=NC(=O)c2c1c1ccccc1oc2=O. The van der Waals surface area contributed by atoms with Gasteiger partial charge in [-0.3, -0.25) is 4.79 Å². The molecule has 0 aliphatic carbocycles. The molecule has 0 saturated carbocycles. The Morgan fingerprint density at radius 3 is 2.81 bits per heavy atom. The largest absolute Gasteiger partial charge is 0.422 e. The van der Waals surface area contributed by atoms with Gasteiger partial charge >= 0.3 is 5.63 Å². The molecule has 0 atom stereocenters. The molecule has 1 aliphatic heterocycles. The summed E-state index contributed by atoms with van der Waals surface area (Å²) in [6.45, 7) is 0. The molecule has 0 spiro atoms. The number of para-hydroxylation sites is 1. The number of carbonyl (C=O) groups excluding carboxylic acids is 1. The van der Waals surface area contributed by atoms with Gasteiger partial charge < -0.3 is 16.0 Å². The number of benzene rings is 1. The molecule has 0 saturated heterocycles. The zero-order valence-corrected chi connectivity index (χ0v) is 11.5. The van der Waals surface area contributed by atoms with Gasteiger partial charge in [0.15, 0.2) is 0 Å². The van der Waals surface area contributed by atoms with Gasteiger partial charge in [0.25, 0.3) is 5.91 Å². The van der Waals surface area contributed by atoms with E-state index >= 15 is 0 Å². The molecule has 1 amide bonds. The van der Waals surface area contributed by atoms with Crippen LogP contribution in [0.1, 0.15) is 15.9 Å². The lowest BCUT2D eigenvalue weighted by atomic mass is 10.1. The van der Waals surface area contributed by atoms with Gasteiger partial charge in [0.1, 0.15) is 22.0 Å². The predicted molar refractivity (Wildman–Crippen MR) is 81.6 cm³/mol. The summed E-state index contributed by atoms with van der Waals surface area (Å²) < 4.78 is 5.14. The van der Waals surface area contributed by atoms with Crippen LogP contribution in [0.5, 0.6) is 0 Å². The number of nitrogens with two attached hydrogens (primary N) is 2. The molecule has 0 radical (unpaired) electrons. The molecule has 1 aromatic carbocycles. The predicted octanol–water partition coefficient (Wildman–Crippen LogP) is 0.658. The Kier molecular flexibility index (Phi) is 3.22. The van der Waals surface area contributed by atoms with Crippen LogP contribution in [-0.4, -0.2) is 22.5 Å². The summed E-state index contributed by atoms with van der Waals surface area (Å²) in [5, 5.41) is 4.44. The quantitative estimate of drug-likeness (QED) is 0.276. The summed E-state index contributed by atoms with van der Waals surface area (Å²) in [4.78, 5) is 27.7. The highest BCUT2D eigenvalue weighted by molar-refractivity contribution is 8.15. The number of fused-ring (bicyclic) bond motifs is 3. The van der Waals surface area contributed by atoms with Crippen LogP contribution in [0.25, 0.3) is 11.0 Å². The second kappa shape index (κ2) is 5.06. The Labute approximate surface area is 122 Å². The van der Waals surface area contributed by atoms with E-state index < -0.39 is 11.5 Å². The van der Waals surface area contributed by atoms with Gasteiger partial charge in [-0.15, -0.1) is 0 Å². The first-order valence-corrected chi connectivity index (χ1v) is 6.94. The lowest BCUT2D eigenvalue weighted by Gasteiger charge is -2.05. The van der Waals surface area contributed by atoms with Crippen molar-refractivity contribution in [3.8, 4) is 0 Å². The molecular formula is C13H10N4O3S. The maximum absolute atomic E-state index is 11.9. The highest BCUT2D eigenvalue weighted by Gasteiger charge is 2.30. The van der Waals surface area contributed by atoms with E-state index in [4.69, 9.17) is 16.0 Å². The first-order valence-electron chi connectivity index (χ1n) is 5.96. The standard InChI is InChI=1S/C13H10N4O3S/c14-8(17-15)5-21-12-9-6-3-1-2-4-7(6)20-13(19)10(9)11(18)16-12/h1-4H,5,15H2,(H2,14,17). The Bertz CT molecular complexity index is 869. The van der Waals surface area contributed by atoms with E-state index in [2.05, 4.69) is 10.1 Å². The number of carbonyl (C=O) groups is 1. The monoisotopic (exact) mass is 302 g/mol. The lowest BCUT2D eigenvalue weighted by molar-refractivity contribution is 0.100. The minimum Gasteiger partial charge on any atom is -0.422 e. The van der Waals surface area contributed by atoms with Crippen molar-refractivity contribution >= 4 is 39.5 Å². The van der Waals surface area contributed by atoms with Gasteiger partial charge in [-0.25, -0.2) is 9.79 Å². The zero-order chi connectivity index (χ0) is 15.0. The maximum atomic E-state index is 11.9. The highest BCUT2D eigenvalue weighted by atomic mass is 32.2. The first-order chi connectivity index (χ1) is 10.1. The summed E-state index contributed by atoms with van der Waals surface area (Å²) in [6.07, 6.45) is 0. The van der Waals surface area contributed by atoms with Crippen LogP contribution in [-0.2, 0) is 0 Å². The molecule has 7 nitrogen and oxygen atoms in total. The van der Waals surface area contributed by atoms with Crippen LogP contribution in [0.2, 0.25) is 0 Å². The van der Waals surface area contributed by atoms with E-state index in [0.717, 1.165) is 0 Å². The minimum atomic E-state index is -0.687. The van der Waals surface area contributed by atoms with Gasteiger partial charge in [0.2, 0.25) is 0 Å². The normalized spacial score (nSPS) is 14.4. The zero-order valence-electron chi connectivity index (χ0n) is 10.7. The third-order valence-electron chi connectivity index (χ3n) is 2.97. The summed E-state index contributed by atoms with van der Waals surface area (Å²) in [6, 6.07) is 6.98. The number of rotatable bonds is 2. The fourth-order valence-corrected chi connectivity index (χ4v) is 2.92. The Morgan fingerprint density at radius 1 is 1.29 bits per heavy atom. The fourth-order valence-electron chi connectivity index (χ4n) is 2.05. The van der Waals surface area contributed by atoms with Crippen molar-refractivity contribution in [1.29, 1.82) is 0 Å². The summed E-state index contributed by atoms with van der Waals surface area (Å²) in [7, 11) is 0. The van der Waals surface area contributed by atoms with Gasteiger partial charge in [0.05, 0.1) is 5.75 Å². The van der Waals surface area contributed by atoms with Gasteiger partial charge in [0, 0.05) is 10.9 Å². The fraction of sp³-hybridized carbons (Fsp3) is 0.0769. The highest BCUT2D eigenvalue weighted by Crippen LogP contribution is 2.29. The van der Waals surface area contributed by atoms with Gasteiger partial charge in [-0.1, -0.05) is 30.0 Å². The molecule has 8 heteroatoms. The van der Waals surface area contributed by atoms with E-state index in [-0.39, 0.29) is 17.2 Å². The molecule has 1 aromatic heterocycles. The van der Waals surface area contributed by atoms with Crippen molar-refractivity contribution in [2.75, 3.05) is 5.75 Å². The van der Waals surface area contributed by atoms with Crippen molar-refractivity contribution in [2.45, 2.75) is 0 Å². The molecule has 2 aromatic rings. The van der Waals surface area contributed by atoms with Crippen LogP contribution < -0.4 is 17.2 Å². The lowest BCUT2D eigenvalue weighted by Crippen LogP contribution is -2.18. The third kappa shape index (κ3) is 2.19. The van der Waals surface area contributed by atoms with Crippen molar-refractivity contribution in [3.63, 3.8) is 0 Å². The second-order valence-electron chi connectivity index (χ2n) is 4.27. The average Bonchev–Trinajstić information content (AvgIpc) is 2.82. The Balaban J connectivity index is 2.16. The number of thioether (sulfide) groups is 1. The Hall–Kier alpha value is -2.61. The van der Waals surface area contributed by atoms with Crippen LogP contribution >= 0.6 is 11.8 Å². The average molecular weight is 302 g/mol. The molecule has 2 heterocycles. The molecule has 0 unspecified atom stereocenters. The van der Waals surface area contributed by atoms with Crippen LogP contribution in [0.15, 0.2) is 43.6 Å². The molecule has 3 rings (SSSR count). The molecule has 0 fully saturated rings. The molecule has 4 N–H and O–H groups in total. The van der Waals surface area contributed by atoms with E-state index in [0.29, 0.717) is 21.6 Å². The number of hydrogen-bond donors (Lipinski definition) is 2. The van der Waals surface area contributed by atoms with Crippen molar-refractivity contribution < 1.29 is 9.21 Å². The number of nitrogens with zero attached hydrogens (tertiary/aromatic N) is 2. The molecule has 0 bridgehead atoms. The number of hydrogen-bond acceptors (Lipinski definition) is 6. The topological polar surface area (TPSA) is 124 Å².